The number of thiophene rings is 1. The van der Waals surface area contributed by atoms with Crippen LogP contribution in [0.2, 0.25) is 4.34 Å². The molecule has 0 saturated carbocycles. The van der Waals surface area contributed by atoms with Gasteiger partial charge in [-0.25, -0.2) is 8.42 Å². The van der Waals surface area contributed by atoms with Gasteiger partial charge in [-0.15, -0.1) is 11.3 Å². The number of sulfone groups is 1. The van der Waals surface area contributed by atoms with Crippen molar-refractivity contribution in [3.8, 4) is 0 Å². The van der Waals surface area contributed by atoms with Gasteiger partial charge in [0.2, 0.25) is 5.91 Å². The molecule has 5 nitrogen and oxygen atoms in total. The smallest absolute Gasteiger partial charge is 0.236 e. The fourth-order valence-electron chi connectivity index (χ4n) is 2.34. The van der Waals surface area contributed by atoms with Crippen molar-refractivity contribution in [3.05, 3.63) is 21.3 Å². The van der Waals surface area contributed by atoms with E-state index in [2.05, 4.69) is 0 Å². The fourth-order valence-corrected chi connectivity index (χ4v) is 5.29. The van der Waals surface area contributed by atoms with E-state index in [1.807, 2.05) is 17.0 Å². The molecular weight excluding hydrogens is 332 g/mol. The highest BCUT2D eigenvalue weighted by Gasteiger charge is 2.31. The van der Waals surface area contributed by atoms with Crippen LogP contribution in [0.3, 0.4) is 0 Å². The summed E-state index contributed by atoms with van der Waals surface area (Å²) >= 11 is 7.33. The van der Waals surface area contributed by atoms with E-state index < -0.39 is 9.84 Å². The van der Waals surface area contributed by atoms with Gasteiger partial charge in [0.15, 0.2) is 9.84 Å². The maximum atomic E-state index is 12.2. The zero-order valence-electron chi connectivity index (χ0n) is 12.1. The lowest BCUT2D eigenvalue weighted by Gasteiger charge is -2.25. The molecule has 118 valence electrons. The first-order valence-electron chi connectivity index (χ1n) is 6.66. The molecule has 2 heterocycles. The highest BCUT2D eigenvalue weighted by Crippen LogP contribution is 2.22. The minimum absolute atomic E-state index is 0.0219. The number of hydrogen-bond donors (Lipinski definition) is 0. The van der Waals surface area contributed by atoms with Crippen LogP contribution in [0.15, 0.2) is 12.1 Å². The monoisotopic (exact) mass is 350 g/mol. The van der Waals surface area contributed by atoms with Crippen LogP contribution in [0.5, 0.6) is 0 Å². The third-order valence-electron chi connectivity index (χ3n) is 3.66. The Hall–Kier alpha value is -0.630. The first-order valence-corrected chi connectivity index (χ1v) is 9.67. The first-order chi connectivity index (χ1) is 9.77. The minimum Gasteiger partial charge on any atom is -0.340 e. The van der Waals surface area contributed by atoms with Crippen molar-refractivity contribution in [2.45, 2.75) is 19.0 Å². The molecule has 1 aliphatic rings. The highest BCUT2D eigenvalue weighted by molar-refractivity contribution is 7.91. The quantitative estimate of drug-likeness (QED) is 0.807. The van der Waals surface area contributed by atoms with Crippen molar-refractivity contribution in [2.75, 3.05) is 32.1 Å². The van der Waals surface area contributed by atoms with Crippen LogP contribution in [0.25, 0.3) is 0 Å². The van der Waals surface area contributed by atoms with E-state index in [1.165, 1.54) is 11.3 Å². The summed E-state index contributed by atoms with van der Waals surface area (Å²) in [6.45, 7) is 0.753. The summed E-state index contributed by atoms with van der Waals surface area (Å²) < 4.78 is 23.7. The van der Waals surface area contributed by atoms with Gasteiger partial charge in [0.25, 0.3) is 0 Å². The number of nitrogens with zero attached hydrogens (tertiary/aromatic N) is 2. The number of hydrogen-bond acceptors (Lipinski definition) is 5. The SMILES string of the molecule is CN(Cc1ccc(Cl)s1)C(=O)CN(C)C1CCS(=O)(=O)C1. The van der Waals surface area contributed by atoms with Crippen LogP contribution in [-0.4, -0.2) is 62.3 Å². The van der Waals surface area contributed by atoms with Crippen LogP contribution in [0, 0.1) is 0 Å². The lowest BCUT2D eigenvalue weighted by Crippen LogP contribution is -2.41. The molecule has 0 bridgehead atoms. The molecule has 2 rings (SSSR count). The van der Waals surface area contributed by atoms with Gasteiger partial charge in [-0.05, 0) is 25.6 Å². The van der Waals surface area contributed by atoms with E-state index in [0.29, 0.717) is 17.3 Å². The van der Waals surface area contributed by atoms with Gasteiger partial charge >= 0.3 is 0 Å². The third-order valence-corrected chi connectivity index (χ3v) is 6.63. The molecule has 1 fully saturated rings. The van der Waals surface area contributed by atoms with E-state index in [-0.39, 0.29) is 30.0 Å². The lowest BCUT2D eigenvalue weighted by atomic mass is 10.2. The predicted molar refractivity (Wildman–Crippen MR) is 85.5 cm³/mol. The van der Waals surface area contributed by atoms with Gasteiger partial charge in [0.1, 0.15) is 0 Å². The second-order valence-electron chi connectivity index (χ2n) is 5.43. The summed E-state index contributed by atoms with van der Waals surface area (Å²) in [5.74, 6) is 0.354. The molecule has 1 amide bonds. The summed E-state index contributed by atoms with van der Waals surface area (Å²) in [6.07, 6.45) is 0.608. The molecule has 0 aromatic carbocycles. The molecule has 8 heteroatoms. The van der Waals surface area contributed by atoms with Crippen molar-refractivity contribution in [2.24, 2.45) is 0 Å². The molecule has 1 aliphatic heterocycles. The zero-order chi connectivity index (χ0) is 15.6. The lowest BCUT2D eigenvalue weighted by molar-refractivity contribution is -0.131. The van der Waals surface area contributed by atoms with Crippen LogP contribution in [0.4, 0.5) is 0 Å². The highest BCUT2D eigenvalue weighted by atomic mass is 35.5. The molecule has 1 aromatic heterocycles. The molecule has 1 atom stereocenters. The Kier molecular flexibility index (Phi) is 5.29. The van der Waals surface area contributed by atoms with Crippen molar-refractivity contribution >= 4 is 38.7 Å². The Labute approximate surface area is 134 Å². The Balaban J connectivity index is 1.86. The van der Waals surface area contributed by atoms with Gasteiger partial charge in [-0.2, -0.15) is 0 Å². The summed E-state index contributed by atoms with van der Waals surface area (Å²) in [5.41, 5.74) is 0. The number of halogens is 1. The summed E-state index contributed by atoms with van der Waals surface area (Å²) in [4.78, 5) is 16.7. The van der Waals surface area contributed by atoms with Crippen LogP contribution >= 0.6 is 22.9 Å². The number of likely N-dealkylation sites (N-methyl/N-ethyl adjacent to an activating group) is 2. The Bertz CT molecular complexity index is 615. The van der Waals surface area contributed by atoms with Crippen molar-refractivity contribution in [1.29, 1.82) is 0 Å². The Morgan fingerprint density at radius 3 is 2.67 bits per heavy atom. The normalized spacial score (nSPS) is 20.9. The van der Waals surface area contributed by atoms with Gasteiger partial charge in [-0.1, -0.05) is 11.6 Å². The molecule has 0 spiro atoms. The maximum absolute atomic E-state index is 12.2. The Morgan fingerprint density at radius 1 is 1.43 bits per heavy atom. The number of rotatable bonds is 5. The van der Waals surface area contributed by atoms with Crippen LogP contribution in [0.1, 0.15) is 11.3 Å². The minimum atomic E-state index is -2.92. The molecular formula is C13H19ClN2O3S2. The Morgan fingerprint density at radius 2 is 2.14 bits per heavy atom. The molecule has 1 aromatic rings. The van der Waals surface area contributed by atoms with Gasteiger partial charge in [-0.3, -0.25) is 9.69 Å². The standard InChI is InChI=1S/C13H19ClN2O3S2/c1-15(10-5-6-21(18,19)9-10)8-13(17)16(2)7-11-3-4-12(14)20-11/h3-4,10H,5-9H2,1-2H3. The number of carbonyl (C=O) groups is 1. The average molecular weight is 351 g/mol. The largest absolute Gasteiger partial charge is 0.340 e. The van der Waals surface area contributed by atoms with Crippen molar-refractivity contribution < 1.29 is 13.2 Å². The second-order valence-corrected chi connectivity index (χ2v) is 9.46. The molecule has 21 heavy (non-hydrogen) atoms. The van der Waals surface area contributed by atoms with Crippen LogP contribution < -0.4 is 0 Å². The summed E-state index contributed by atoms with van der Waals surface area (Å²) in [5, 5.41) is 0. The van der Waals surface area contributed by atoms with Crippen molar-refractivity contribution in [3.63, 3.8) is 0 Å². The maximum Gasteiger partial charge on any atom is 0.236 e. The molecule has 1 saturated heterocycles. The van der Waals surface area contributed by atoms with Gasteiger partial charge < -0.3 is 4.90 Å². The van der Waals surface area contributed by atoms with Gasteiger partial charge in [0, 0.05) is 18.0 Å². The van der Waals surface area contributed by atoms with Crippen LogP contribution in [-0.2, 0) is 21.2 Å². The van der Waals surface area contributed by atoms with E-state index in [0.717, 1.165) is 4.88 Å². The average Bonchev–Trinajstić information content (AvgIpc) is 2.95. The third kappa shape index (κ3) is 4.67. The van der Waals surface area contributed by atoms with Crippen molar-refractivity contribution in [1.82, 2.24) is 9.80 Å². The number of amides is 1. The molecule has 1 unspecified atom stereocenters. The first kappa shape index (κ1) is 16.7. The molecule has 0 N–H and O–H groups in total. The predicted octanol–water partition coefficient (Wildman–Crippen LogP) is 1.48. The summed E-state index contributed by atoms with van der Waals surface area (Å²) in [6, 6.07) is 3.67. The molecule has 0 radical (unpaired) electrons. The van der Waals surface area contributed by atoms with E-state index >= 15 is 0 Å². The number of carbonyl (C=O) groups excluding carboxylic acids is 1. The fraction of sp³-hybridized carbons (Fsp3) is 0.615. The zero-order valence-corrected chi connectivity index (χ0v) is 14.5. The van der Waals surface area contributed by atoms with E-state index in [1.54, 1.807) is 19.0 Å². The van der Waals surface area contributed by atoms with E-state index in [9.17, 15) is 13.2 Å². The summed E-state index contributed by atoms with van der Waals surface area (Å²) in [7, 11) is 0.628. The van der Waals surface area contributed by atoms with E-state index in [4.69, 9.17) is 11.6 Å². The topological polar surface area (TPSA) is 57.7 Å². The second kappa shape index (κ2) is 6.64. The van der Waals surface area contributed by atoms with Gasteiger partial charge in [0.05, 0.1) is 28.9 Å². The molecule has 0 aliphatic carbocycles.